The molecule has 0 unspecified atom stereocenters. The van der Waals surface area contributed by atoms with Crippen LogP contribution < -0.4 is 5.73 Å². The SMILES string of the molecule is NCC1([N+](=O)[O-])CN([N+](=O)[O-])CN([N+](=O)[O-])C1. The molecule has 0 aromatic carbocycles. The Morgan fingerprint density at radius 3 is 1.71 bits per heavy atom. The van der Waals surface area contributed by atoms with Gasteiger partial charge in [-0.1, -0.05) is 10.0 Å². The second kappa shape index (κ2) is 4.32. The van der Waals surface area contributed by atoms with Crippen LogP contribution in [-0.2, 0) is 0 Å². The minimum absolute atomic E-state index is 0.405. The van der Waals surface area contributed by atoms with Gasteiger partial charge in [-0.15, -0.1) is 0 Å². The van der Waals surface area contributed by atoms with Crippen LogP contribution in [-0.4, -0.2) is 56.8 Å². The van der Waals surface area contributed by atoms with Crippen molar-refractivity contribution in [3.63, 3.8) is 0 Å². The summed E-state index contributed by atoms with van der Waals surface area (Å²) in [6.45, 7) is -2.26. The first-order valence-corrected chi connectivity index (χ1v) is 4.45. The summed E-state index contributed by atoms with van der Waals surface area (Å²) in [6.07, 6.45) is 0. The second-order valence-electron chi connectivity index (χ2n) is 3.63. The molecular weight excluding hydrogens is 240 g/mol. The molecule has 1 aliphatic rings. The molecular formula is C5H10N6O6. The van der Waals surface area contributed by atoms with Crippen molar-refractivity contribution in [3.05, 3.63) is 30.3 Å². The zero-order valence-corrected chi connectivity index (χ0v) is 8.59. The topological polar surface area (TPSA) is 162 Å². The van der Waals surface area contributed by atoms with Crippen molar-refractivity contribution in [1.29, 1.82) is 0 Å². The highest BCUT2D eigenvalue weighted by atomic mass is 16.7. The first-order valence-electron chi connectivity index (χ1n) is 4.45. The molecule has 2 N–H and O–H groups in total. The third-order valence-electron chi connectivity index (χ3n) is 2.51. The Balaban J connectivity index is 3.03. The van der Waals surface area contributed by atoms with E-state index in [0.717, 1.165) is 0 Å². The van der Waals surface area contributed by atoms with E-state index in [9.17, 15) is 30.3 Å². The van der Waals surface area contributed by atoms with Gasteiger partial charge >= 0.3 is 0 Å². The van der Waals surface area contributed by atoms with Crippen LogP contribution in [0.15, 0.2) is 0 Å². The molecule has 0 aliphatic carbocycles. The van der Waals surface area contributed by atoms with Crippen molar-refractivity contribution in [2.45, 2.75) is 5.54 Å². The van der Waals surface area contributed by atoms with E-state index >= 15 is 0 Å². The lowest BCUT2D eigenvalue weighted by molar-refractivity contribution is -0.743. The summed E-state index contributed by atoms with van der Waals surface area (Å²) in [5.41, 5.74) is 3.32. The van der Waals surface area contributed by atoms with E-state index in [4.69, 9.17) is 5.73 Å². The number of rotatable bonds is 4. The number of nitro groups is 3. The third-order valence-corrected chi connectivity index (χ3v) is 2.51. The van der Waals surface area contributed by atoms with Gasteiger partial charge in [0.05, 0.1) is 6.54 Å². The molecule has 0 aromatic rings. The Bertz CT molecular complexity index is 337. The van der Waals surface area contributed by atoms with Crippen molar-refractivity contribution in [1.82, 2.24) is 10.0 Å². The lowest BCUT2D eigenvalue weighted by Gasteiger charge is -2.33. The van der Waals surface area contributed by atoms with Crippen LogP contribution in [0.25, 0.3) is 0 Å². The molecule has 1 rings (SSSR count). The fourth-order valence-corrected chi connectivity index (χ4v) is 1.56. The van der Waals surface area contributed by atoms with Crippen molar-refractivity contribution in [3.8, 4) is 0 Å². The molecule has 12 nitrogen and oxygen atoms in total. The van der Waals surface area contributed by atoms with E-state index in [1.807, 2.05) is 0 Å². The maximum absolute atomic E-state index is 10.9. The minimum Gasteiger partial charge on any atom is -0.324 e. The highest BCUT2D eigenvalue weighted by Crippen LogP contribution is 2.19. The monoisotopic (exact) mass is 250 g/mol. The van der Waals surface area contributed by atoms with Gasteiger partial charge in [0.1, 0.15) is 0 Å². The third kappa shape index (κ3) is 2.30. The van der Waals surface area contributed by atoms with Gasteiger partial charge in [0, 0.05) is 4.92 Å². The fraction of sp³-hybridized carbons (Fsp3) is 1.00. The first-order chi connectivity index (χ1) is 7.82. The minimum atomic E-state index is -1.90. The molecule has 12 heteroatoms. The quantitative estimate of drug-likeness (QED) is 0.435. The number of nitrogens with two attached hydrogens (primary N) is 1. The predicted molar refractivity (Wildman–Crippen MR) is 51.0 cm³/mol. The first kappa shape index (κ1) is 12.8. The molecule has 0 amide bonds. The van der Waals surface area contributed by atoms with Crippen LogP contribution in [0.2, 0.25) is 0 Å². The average Bonchev–Trinajstić information content (AvgIpc) is 2.27. The van der Waals surface area contributed by atoms with E-state index in [-0.39, 0.29) is 0 Å². The van der Waals surface area contributed by atoms with Gasteiger partial charge in [-0.2, -0.15) is 0 Å². The summed E-state index contributed by atoms with van der Waals surface area (Å²) in [5, 5.41) is 31.0. The largest absolute Gasteiger partial charge is 0.324 e. The highest BCUT2D eigenvalue weighted by molar-refractivity contribution is 4.87. The second-order valence-corrected chi connectivity index (χ2v) is 3.63. The maximum atomic E-state index is 10.9. The van der Waals surface area contributed by atoms with Crippen LogP contribution in [0.5, 0.6) is 0 Å². The Hall–Kier alpha value is -2.24. The Labute approximate surface area is 94.0 Å². The molecule has 0 aromatic heterocycles. The molecule has 0 radical (unpaired) electrons. The van der Waals surface area contributed by atoms with Crippen LogP contribution in [0.3, 0.4) is 0 Å². The zero-order valence-electron chi connectivity index (χ0n) is 8.59. The molecule has 96 valence electrons. The molecule has 0 spiro atoms. The van der Waals surface area contributed by atoms with Crippen molar-refractivity contribution < 1.29 is 15.0 Å². The van der Waals surface area contributed by atoms with Crippen molar-refractivity contribution >= 4 is 0 Å². The number of hydrazine groups is 2. The predicted octanol–water partition coefficient (Wildman–Crippen LogP) is -2.08. The summed E-state index contributed by atoms with van der Waals surface area (Å²) in [7, 11) is 0. The smallest absolute Gasteiger partial charge is 0.279 e. The number of hydrogen-bond donors (Lipinski definition) is 1. The Kier molecular flexibility index (Phi) is 3.26. The lowest BCUT2D eigenvalue weighted by atomic mass is 9.99. The van der Waals surface area contributed by atoms with Gasteiger partial charge in [-0.3, -0.25) is 10.1 Å². The van der Waals surface area contributed by atoms with Crippen LogP contribution in [0, 0.1) is 30.3 Å². The van der Waals surface area contributed by atoms with Gasteiger partial charge in [0.2, 0.25) is 6.67 Å². The molecule has 0 bridgehead atoms. The molecule has 1 saturated heterocycles. The Morgan fingerprint density at radius 2 is 1.47 bits per heavy atom. The van der Waals surface area contributed by atoms with Gasteiger partial charge in [0.25, 0.3) is 5.54 Å². The summed E-state index contributed by atoms with van der Waals surface area (Å²) in [5.74, 6) is 0. The highest BCUT2D eigenvalue weighted by Gasteiger charge is 2.54. The summed E-state index contributed by atoms with van der Waals surface area (Å²) in [4.78, 5) is 31.2. The van der Waals surface area contributed by atoms with Gasteiger partial charge < -0.3 is 5.73 Å². The zero-order chi connectivity index (χ0) is 13.2. The van der Waals surface area contributed by atoms with E-state index in [1.54, 1.807) is 0 Å². The van der Waals surface area contributed by atoms with Crippen LogP contribution in [0.4, 0.5) is 0 Å². The standard InChI is InChI=1S/C5H10N6O6/c6-1-5(9(12)13)2-7(10(14)15)4-8(3-5)11(16)17/h1-4,6H2. The summed E-state index contributed by atoms with van der Waals surface area (Å²) in [6, 6.07) is 0. The van der Waals surface area contributed by atoms with Gasteiger partial charge in [-0.05, 0) is 0 Å². The van der Waals surface area contributed by atoms with Crippen molar-refractivity contribution in [2.24, 2.45) is 5.73 Å². The van der Waals surface area contributed by atoms with Crippen LogP contribution >= 0.6 is 0 Å². The van der Waals surface area contributed by atoms with Crippen molar-refractivity contribution in [2.75, 3.05) is 26.3 Å². The average molecular weight is 250 g/mol. The molecule has 1 fully saturated rings. The van der Waals surface area contributed by atoms with Gasteiger partial charge in [-0.25, -0.2) is 20.2 Å². The van der Waals surface area contributed by atoms with E-state index < -0.39 is 46.8 Å². The molecule has 1 heterocycles. The van der Waals surface area contributed by atoms with Gasteiger partial charge in [0.15, 0.2) is 23.2 Å². The fourth-order valence-electron chi connectivity index (χ4n) is 1.56. The Morgan fingerprint density at radius 1 is 1.06 bits per heavy atom. The maximum Gasteiger partial charge on any atom is 0.279 e. The van der Waals surface area contributed by atoms with E-state index in [2.05, 4.69) is 0 Å². The molecule has 0 atom stereocenters. The van der Waals surface area contributed by atoms with E-state index in [1.165, 1.54) is 0 Å². The summed E-state index contributed by atoms with van der Waals surface area (Å²) >= 11 is 0. The number of hydrogen-bond acceptors (Lipinski definition) is 7. The summed E-state index contributed by atoms with van der Waals surface area (Å²) < 4.78 is 0. The molecule has 17 heavy (non-hydrogen) atoms. The normalized spacial score (nSPS) is 18.9. The number of nitrogens with zero attached hydrogens (tertiary/aromatic N) is 5. The molecule has 1 aliphatic heterocycles. The molecule has 0 saturated carbocycles. The lowest BCUT2D eigenvalue weighted by Crippen LogP contribution is -2.67. The van der Waals surface area contributed by atoms with E-state index in [0.29, 0.717) is 10.0 Å². The van der Waals surface area contributed by atoms with Crippen LogP contribution in [0.1, 0.15) is 0 Å².